The highest BCUT2D eigenvalue weighted by molar-refractivity contribution is 6.28. The molecular formula is C12H13ClN4O2. The summed E-state index contributed by atoms with van der Waals surface area (Å²) >= 11 is 5.65. The average molecular weight is 281 g/mol. The van der Waals surface area contributed by atoms with Gasteiger partial charge in [0.15, 0.2) is 0 Å². The van der Waals surface area contributed by atoms with E-state index in [-0.39, 0.29) is 22.2 Å². The fraction of sp³-hybridized carbons (Fsp3) is 0.333. The fourth-order valence-electron chi connectivity index (χ4n) is 1.54. The topological polar surface area (TPSA) is 84.0 Å². The maximum absolute atomic E-state index is 11.6. The molecule has 0 aliphatic rings. The van der Waals surface area contributed by atoms with Crippen LogP contribution in [0.3, 0.4) is 0 Å². The van der Waals surface area contributed by atoms with Crippen molar-refractivity contribution in [3.8, 4) is 0 Å². The minimum Gasteiger partial charge on any atom is -0.375 e. The summed E-state index contributed by atoms with van der Waals surface area (Å²) in [5.41, 5.74) is -0.942. The zero-order chi connectivity index (χ0) is 14.2. The second kappa shape index (κ2) is 4.62. The number of halogens is 1. The van der Waals surface area contributed by atoms with Crippen molar-refractivity contribution in [1.29, 1.82) is 0 Å². The summed E-state index contributed by atoms with van der Waals surface area (Å²) in [7, 11) is 0. The van der Waals surface area contributed by atoms with E-state index in [1.165, 1.54) is 6.20 Å². The van der Waals surface area contributed by atoms with Crippen LogP contribution in [0.4, 0.5) is 17.2 Å². The zero-order valence-electron chi connectivity index (χ0n) is 10.7. The van der Waals surface area contributed by atoms with Crippen LogP contribution in [-0.4, -0.2) is 15.5 Å². The Balaban J connectivity index is 2.29. The molecule has 100 valence electrons. The highest BCUT2D eigenvalue weighted by Crippen LogP contribution is 2.22. The van der Waals surface area contributed by atoms with Crippen molar-refractivity contribution in [3.63, 3.8) is 0 Å². The highest BCUT2D eigenvalue weighted by Gasteiger charge is 2.24. The number of rotatable bonds is 3. The van der Waals surface area contributed by atoms with Crippen LogP contribution < -0.4 is 21.5 Å². The third-order valence-electron chi connectivity index (χ3n) is 2.29. The molecule has 2 N–H and O–H groups in total. The van der Waals surface area contributed by atoms with Crippen LogP contribution in [0.1, 0.15) is 20.8 Å². The maximum Gasteiger partial charge on any atom is 0.253 e. The summed E-state index contributed by atoms with van der Waals surface area (Å²) in [6.45, 7) is 5.69. The standard InChI is InChI=1S/C12H13ClN4O2/c1-12(2,3)17-8-7(9(18)10(8)19)15-6-4-5-14-11(13)16-6/h4-5,17H,1-3H3,(H,14,15,16). The maximum atomic E-state index is 11.6. The highest BCUT2D eigenvalue weighted by atomic mass is 35.5. The van der Waals surface area contributed by atoms with Gasteiger partial charge in [-0.2, -0.15) is 0 Å². The Kier molecular flexibility index (Phi) is 3.28. The van der Waals surface area contributed by atoms with Crippen molar-refractivity contribution >= 4 is 28.8 Å². The van der Waals surface area contributed by atoms with E-state index in [9.17, 15) is 9.59 Å². The molecule has 1 heterocycles. The third-order valence-corrected chi connectivity index (χ3v) is 2.47. The molecule has 19 heavy (non-hydrogen) atoms. The van der Waals surface area contributed by atoms with Crippen LogP contribution in [0.2, 0.25) is 5.28 Å². The van der Waals surface area contributed by atoms with E-state index in [0.29, 0.717) is 5.82 Å². The van der Waals surface area contributed by atoms with Crippen LogP contribution in [0.25, 0.3) is 0 Å². The van der Waals surface area contributed by atoms with Gasteiger partial charge >= 0.3 is 0 Å². The van der Waals surface area contributed by atoms with Crippen molar-refractivity contribution in [2.45, 2.75) is 26.3 Å². The molecule has 0 radical (unpaired) electrons. The lowest BCUT2D eigenvalue weighted by Gasteiger charge is -2.24. The van der Waals surface area contributed by atoms with E-state index in [2.05, 4.69) is 20.6 Å². The van der Waals surface area contributed by atoms with Crippen LogP contribution in [0, 0.1) is 0 Å². The summed E-state index contributed by atoms with van der Waals surface area (Å²) < 4.78 is 0. The van der Waals surface area contributed by atoms with Gasteiger partial charge in [0.25, 0.3) is 10.9 Å². The molecule has 0 atom stereocenters. The Morgan fingerprint density at radius 2 is 1.79 bits per heavy atom. The van der Waals surface area contributed by atoms with Gasteiger partial charge in [0, 0.05) is 11.7 Å². The summed E-state index contributed by atoms with van der Waals surface area (Å²) in [5, 5.41) is 5.84. The lowest BCUT2D eigenvalue weighted by molar-refractivity contribution is 0.632. The number of anilines is 3. The first-order valence-electron chi connectivity index (χ1n) is 5.65. The number of nitrogens with zero attached hydrogens (tertiary/aromatic N) is 2. The molecule has 0 amide bonds. The van der Waals surface area contributed by atoms with Crippen molar-refractivity contribution in [2.24, 2.45) is 0 Å². The van der Waals surface area contributed by atoms with Gasteiger partial charge in [-0.05, 0) is 38.4 Å². The van der Waals surface area contributed by atoms with E-state index in [1.807, 2.05) is 20.8 Å². The van der Waals surface area contributed by atoms with Gasteiger partial charge < -0.3 is 10.6 Å². The van der Waals surface area contributed by atoms with Gasteiger partial charge in [-0.15, -0.1) is 0 Å². The second-order valence-electron chi connectivity index (χ2n) is 5.12. The van der Waals surface area contributed by atoms with Crippen molar-refractivity contribution in [2.75, 3.05) is 10.6 Å². The van der Waals surface area contributed by atoms with Crippen molar-refractivity contribution in [1.82, 2.24) is 9.97 Å². The van der Waals surface area contributed by atoms with Crippen molar-refractivity contribution in [3.05, 3.63) is 38.0 Å². The molecule has 1 aromatic heterocycles. The molecule has 0 fully saturated rings. The Bertz CT molecular complexity index is 684. The molecule has 6 nitrogen and oxygen atoms in total. The van der Waals surface area contributed by atoms with Gasteiger partial charge in [0.2, 0.25) is 5.28 Å². The summed E-state index contributed by atoms with van der Waals surface area (Å²) in [6.07, 6.45) is 1.46. The van der Waals surface area contributed by atoms with E-state index in [4.69, 9.17) is 11.6 Å². The lowest BCUT2D eigenvalue weighted by Crippen LogP contribution is -2.41. The quantitative estimate of drug-likeness (QED) is 0.657. The summed E-state index contributed by atoms with van der Waals surface area (Å²) in [6, 6.07) is 1.56. The molecule has 2 aromatic rings. The SMILES string of the molecule is CC(C)(C)Nc1c(Nc2ccnc(Cl)n2)c(=O)c1=O. The average Bonchev–Trinajstić information content (AvgIpc) is 2.32. The fourth-order valence-corrected chi connectivity index (χ4v) is 1.69. The predicted octanol–water partition coefficient (Wildman–Crippen LogP) is 1.68. The number of hydrogen-bond acceptors (Lipinski definition) is 6. The Hall–Kier alpha value is -1.95. The van der Waals surface area contributed by atoms with Crippen LogP contribution in [0.15, 0.2) is 21.9 Å². The largest absolute Gasteiger partial charge is 0.375 e. The summed E-state index contributed by atoms with van der Waals surface area (Å²) in [4.78, 5) is 30.7. The number of aromatic nitrogens is 2. The molecule has 0 aliphatic heterocycles. The molecule has 0 bridgehead atoms. The molecule has 0 spiro atoms. The normalized spacial score (nSPS) is 11.6. The second-order valence-corrected chi connectivity index (χ2v) is 5.46. The van der Waals surface area contributed by atoms with E-state index in [0.717, 1.165) is 0 Å². The molecule has 0 saturated heterocycles. The smallest absolute Gasteiger partial charge is 0.253 e. The van der Waals surface area contributed by atoms with Crippen molar-refractivity contribution < 1.29 is 0 Å². The molecule has 0 unspecified atom stereocenters. The molecule has 0 saturated carbocycles. The first-order chi connectivity index (χ1) is 8.78. The summed E-state index contributed by atoms with van der Waals surface area (Å²) in [5.74, 6) is 0.365. The third kappa shape index (κ3) is 2.90. The zero-order valence-corrected chi connectivity index (χ0v) is 11.5. The van der Waals surface area contributed by atoms with Gasteiger partial charge in [0.1, 0.15) is 17.2 Å². The predicted molar refractivity (Wildman–Crippen MR) is 75.1 cm³/mol. The van der Waals surface area contributed by atoms with E-state index >= 15 is 0 Å². The number of hydrogen-bond donors (Lipinski definition) is 2. The van der Waals surface area contributed by atoms with Gasteiger partial charge in [0.05, 0.1) is 0 Å². The Morgan fingerprint density at radius 1 is 1.16 bits per heavy atom. The van der Waals surface area contributed by atoms with Gasteiger partial charge in [-0.1, -0.05) is 0 Å². The van der Waals surface area contributed by atoms with Gasteiger partial charge in [-0.3, -0.25) is 9.59 Å². The molecule has 2 rings (SSSR count). The van der Waals surface area contributed by atoms with Crippen LogP contribution in [-0.2, 0) is 0 Å². The molecule has 0 aliphatic carbocycles. The molecular weight excluding hydrogens is 268 g/mol. The minimum atomic E-state index is -0.568. The number of nitrogens with one attached hydrogen (secondary N) is 2. The Morgan fingerprint density at radius 3 is 2.37 bits per heavy atom. The Labute approximate surface area is 114 Å². The first-order valence-corrected chi connectivity index (χ1v) is 6.03. The van der Waals surface area contributed by atoms with Gasteiger partial charge in [-0.25, -0.2) is 9.97 Å². The van der Waals surface area contributed by atoms with Crippen LogP contribution in [0.5, 0.6) is 0 Å². The van der Waals surface area contributed by atoms with E-state index < -0.39 is 10.9 Å². The molecule has 1 aromatic carbocycles. The minimum absolute atomic E-state index is 0.0639. The van der Waals surface area contributed by atoms with Crippen LogP contribution >= 0.6 is 11.6 Å². The monoisotopic (exact) mass is 280 g/mol. The lowest BCUT2D eigenvalue weighted by atomic mass is 10.1. The first kappa shape index (κ1) is 13.5. The van der Waals surface area contributed by atoms with E-state index in [1.54, 1.807) is 6.07 Å². The molecule has 7 heteroatoms.